The van der Waals surface area contributed by atoms with Crippen LogP contribution >= 0.6 is 0 Å². The summed E-state index contributed by atoms with van der Waals surface area (Å²) in [5.41, 5.74) is 3.46. The van der Waals surface area contributed by atoms with Gasteiger partial charge in [0.05, 0.1) is 6.10 Å². The van der Waals surface area contributed by atoms with E-state index in [1.54, 1.807) is 0 Å². The van der Waals surface area contributed by atoms with Gasteiger partial charge in [-0.25, -0.2) is 0 Å². The molecule has 0 bridgehead atoms. The van der Waals surface area contributed by atoms with Crippen molar-refractivity contribution in [2.45, 2.75) is 19.4 Å². The van der Waals surface area contributed by atoms with Crippen LogP contribution in [0.1, 0.15) is 29.2 Å². The molecule has 0 heterocycles. The summed E-state index contributed by atoms with van der Waals surface area (Å²) >= 11 is 0. The maximum Gasteiger partial charge on any atom is 0.0830 e. The molecular weight excluding hydrogens is 148 g/mol. The lowest BCUT2D eigenvalue weighted by atomic mass is 9.94. The quantitative estimate of drug-likeness (QED) is 0.618. The lowest BCUT2D eigenvalue weighted by Crippen LogP contribution is -2.02. The number of aliphatic hydroxyl groups is 1. The van der Waals surface area contributed by atoms with Gasteiger partial charge in [0, 0.05) is 0 Å². The first kappa shape index (κ1) is 7.56. The van der Waals surface area contributed by atoms with Crippen LogP contribution in [0.3, 0.4) is 0 Å². The van der Waals surface area contributed by atoms with Crippen LogP contribution in [0, 0.1) is 6.92 Å². The highest BCUT2D eigenvalue weighted by molar-refractivity contribution is 5.58. The summed E-state index contributed by atoms with van der Waals surface area (Å²) in [6.07, 6.45) is 4.54. The molecule has 0 radical (unpaired) electrons. The molecule has 0 spiro atoms. The van der Waals surface area contributed by atoms with Crippen molar-refractivity contribution >= 4 is 6.08 Å². The second-order valence-electron chi connectivity index (χ2n) is 3.29. The van der Waals surface area contributed by atoms with Gasteiger partial charge in [0.2, 0.25) is 0 Å². The number of aryl methyl sites for hydroxylation is 1. The van der Waals surface area contributed by atoms with Gasteiger partial charge in [0.15, 0.2) is 0 Å². The molecule has 1 atom stereocenters. The largest absolute Gasteiger partial charge is 0.388 e. The minimum atomic E-state index is -0.300. The predicted molar refractivity (Wildman–Crippen MR) is 49.8 cm³/mol. The molecule has 0 aliphatic heterocycles. The fourth-order valence-corrected chi connectivity index (χ4v) is 1.59. The molecule has 1 aliphatic carbocycles. The number of benzene rings is 1. The number of hydrogen-bond acceptors (Lipinski definition) is 1. The van der Waals surface area contributed by atoms with E-state index in [2.05, 4.69) is 19.1 Å². The van der Waals surface area contributed by atoms with Gasteiger partial charge in [-0.2, -0.15) is 0 Å². The lowest BCUT2D eigenvalue weighted by Gasteiger charge is -2.16. The highest BCUT2D eigenvalue weighted by Crippen LogP contribution is 2.27. The van der Waals surface area contributed by atoms with Gasteiger partial charge in [0.25, 0.3) is 0 Å². The number of rotatable bonds is 0. The summed E-state index contributed by atoms with van der Waals surface area (Å²) < 4.78 is 0. The van der Waals surface area contributed by atoms with Crippen molar-refractivity contribution in [2.24, 2.45) is 0 Å². The Morgan fingerprint density at radius 1 is 1.42 bits per heavy atom. The van der Waals surface area contributed by atoms with E-state index in [1.165, 1.54) is 5.56 Å². The Bertz CT molecular complexity index is 326. The van der Waals surface area contributed by atoms with E-state index in [-0.39, 0.29) is 6.10 Å². The van der Waals surface area contributed by atoms with Gasteiger partial charge in [0.1, 0.15) is 0 Å². The average molecular weight is 160 g/mol. The number of hydrogen-bond donors (Lipinski definition) is 1. The fraction of sp³-hybridized carbons (Fsp3) is 0.273. The third kappa shape index (κ3) is 1.16. The van der Waals surface area contributed by atoms with Crippen molar-refractivity contribution in [1.82, 2.24) is 0 Å². The lowest BCUT2D eigenvalue weighted by molar-refractivity contribution is 0.180. The third-order valence-electron chi connectivity index (χ3n) is 2.26. The summed E-state index contributed by atoms with van der Waals surface area (Å²) in [7, 11) is 0. The van der Waals surface area contributed by atoms with E-state index in [0.717, 1.165) is 17.5 Å². The van der Waals surface area contributed by atoms with Crippen LogP contribution in [0.5, 0.6) is 0 Å². The van der Waals surface area contributed by atoms with Crippen molar-refractivity contribution in [1.29, 1.82) is 0 Å². The van der Waals surface area contributed by atoms with Crippen LogP contribution in [-0.2, 0) is 0 Å². The zero-order valence-electron chi connectivity index (χ0n) is 7.12. The van der Waals surface area contributed by atoms with Gasteiger partial charge in [-0.3, -0.25) is 0 Å². The smallest absolute Gasteiger partial charge is 0.0830 e. The molecule has 1 nitrogen and oxygen atoms in total. The highest BCUT2D eigenvalue weighted by atomic mass is 16.3. The average Bonchev–Trinajstić information content (AvgIpc) is 2.04. The Morgan fingerprint density at radius 3 is 3.08 bits per heavy atom. The van der Waals surface area contributed by atoms with Gasteiger partial charge in [-0.05, 0) is 24.5 Å². The van der Waals surface area contributed by atoms with Crippen LogP contribution in [-0.4, -0.2) is 5.11 Å². The Kier molecular flexibility index (Phi) is 1.74. The van der Waals surface area contributed by atoms with Crippen molar-refractivity contribution < 1.29 is 5.11 Å². The standard InChI is InChI=1S/C11H12O/c1-8-5-6-10-9(7-8)3-2-4-11(10)12/h2-3,5-7,11-12H,4H2,1H3. The zero-order chi connectivity index (χ0) is 8.55. The summed E-state index contributed by atoms with van der Waals surface area (Å²) in [5, 5.41) is 9.60. The topological polar surface area (TPSA) is 20.2 Å². The van der Waals surface area contributed by atoms with Crippen LogP contribution < -0.4 is 0 Å². The molecule has 1 aliphatic rings. The van der Waals surface area contributed by atoms with Crippen molar-refractivity contribution in [3.8, 4) is 0 Å². The molecule has 1 unspecified atom stereocenters. The molecule has 0 amide bonds. The molecule has 1 N–H and O–H groups in total. The Labute approximate surface area is 72.4 Å². The molecule has 1 aromatic carbocycles. The third-order valence-corrected chi connectivity index (χ3v) is 2.26. The summed E-state index contributed by atoms with van der Waals surface area (Å²) in [4.78, 5) is 0. The number of aliphatic hydroxyl groups excluding tert-OH is 1. The van der Waals surface area contributed by atoms with Crippen LogP contribution in [0.25, 0.3) is 6.08 Å². The minimum Gasteiger partial charge on any atom is -0.388 e. The monoisotopic (exact) mass is 160 g/mol. The first-order valence-corrected chi connectivity index (χ1v) is 4.22. The molecule has 0 saturated carbocycles. The molecule has 12 heavy (non-hydrogen) atoms. The van der Waals surface area contributed by atoms with E-state index in [1.807, 2.05) is 18.2 Å². The molecule has 1 aromatic rings. The Morgan fingerprint density at radius 2 is 2.25 bits per heavy atom. The van der Waals surface area contributed by atoms with Gasteiger partial charge >= 0.3 is 0 Å². The SMILES string of the molecule is Cc1ccc2c(c1)C=CCC2O. The maximum absolute atomic E-state index is 9.60. The van der Waals surface area contributed by atoms with E-state index in [4.69, 9.17) is 0 Å². The fourth-order valence-electron chi connectivity index (χ4n) is 1.59. The summed E-state index contributed by atoms with van der Waals surface area (Å²) in [5.74, 6) is 0. The summed E-state index contributed by atoms with van der Waals surface area (Å²) in [6, 6.07) is 6.16. The van der Waals surface area contributed by atoms with E-state index >= 15 is 0 Å². The van der Waals surface area contributed by atoms with Crippen molar-refractivity contribution in [3.63, 3.8) is 0 Å². The Hall–Kier alpha value is -1.08. The zero-order valence-corrected chi connectivity index (χ0v) is 7.12. The second-order valence-corrected chi connectivity index (χ2v) is 3.29. The first-order chi connectivity index (χ1) is 5.77. The minimum absolute atomic E-state index is 0.300. The van der Waals surface area contributed by atoms with Crippen molar-refractivity contribution in [2.75, 3.05) is 0 Å². The Balaban J connectivity index is 2.55. The molecule has 1 heteroatoms. The van der Waals surface area contributed by atoms with E-state index < -0.39 is 0 Å². The van der Waals surface area contributed by atoms with E-state index in [9.17, 15) is 5.11 Å². The molecule has 2 rings (SSSR count). The van der Waals surface area contributed by atoms with Crippen LogP contribution in [0.2, 0.25) is 0 Å². The highest BCUT2D eigenvalue weighted by Gasteiger charge is 2.12. The maximum atomic E-state index is 9.60. The first-order valence-electron chi connectivity index (χ1n) is 4.22. The molecule has 0 fully saturated rings. The predicted octanol–water partition coefficient (Wildman–Crippen LogP) is 2.45. The number of fused-ring (bicyclic) bond motifs is 1. The second kappa shape index (κ2) is 2.76. The van der Waals surface area contributed by atoms with Gasteiger partial charge in [-0.1, -0.05) is 35.9 Å². The molecular formula is C11H12O. The van der Waals surface area contributed by atoms with E-state index in [0.29, 0.717) is 0 Å². The van der Waals surface area contributed by atoms with Crippen LogP contribution in [0.15, 0.2) is 24.3 Å². The molecule has 0 aromatic heterocycles. The van der Waals surface area contributed by atoms with Gasteiger partial charge in [-0.15, -0.1) is 0 Å². The van der Waals surface area contributed by atoms with Gasteiger partial charge < -0.3 is 5.11 Å². The molecule has 0 saturated heterocycles. The summed E-state index contributed by atoms with van der Waals surface area (Å²) in [6.45, 7) is 2.06. The normalized spacial score (nSPS) is 20.7. The van der Waals surface area contributed by atoms with Crippen molar-refractivity contribution in [3.05, 3.63) is 41.0 Å². The molecule has 62 valence electrons. The van der Waals surface area contributed by atoms with Crippen LogP contribution in [0.4, 0.5) is 0 Å².